The van der Waals surface area contributed by atoms with E-state index in [4.69, 9.17) is 5.10 Å². The Morgan fingerprint density at radius 3 is 2.64 bits per heavy atom. The summed E-state index contributed by atoms with van der Waals surface area (Å²) in [6, 6.07) is 10.2. The largest absolute Gasteiger partial charge is 0.269 e. The molecule has 0 saturated carbocycles. The summed E-state index contributed by atoms with van der Waals surface area (Å²) in [5.41, 5.74) is 4.32. The molecule has 3 aromatic rings. The second-order valence-corrected chi connectivity index (χ2v) is 7.06. The van der Waals surface area contributed by atoms with Crippen molar-refractivity contribution < 1.29 is 4.92 Å². The predicted molar refractivity (Wildman–Crippen MR) is 111 cm³/mol. The van der Waals surface area contributed by atoms with Crippen LogP contribution in [0.1, 0.15) is 19.4 Å². The smallest absolute Gasteiger partial charge is 0.264 e. The van der Waals surface area contributed by atoms with Gasteiger partial charge in [-0.1, -0.05) is 18.2 Å². The minimum atomic E-state index is -0.413. The highest BCUT2D eigenvalue weighted by Gasteiger charge is 2.11. The number of nitro groups is 1. The predicted octanol–water partition coefficient (Wildman–Crippen LogP) is 4.27. The molecule has 0 radical (unpaired) electrons. The molecule has 28 heavy (non-hydrogen) atoms. The van der Waals surface area contributed by atoms with Crippen molar-refractivity contribution in [2.75, 3.05) is 6.54 Å². The molecule has 142 valence electrons. The Balaban J connectivity index is 2.12. The first-order chi connectivity index (χ1) is 13.5. The Kier molecular flexibility index (Phi) is 5.90. The Morgan fingerprint density at radius 2 is 2.04 bits per heavy atom. The van der Waals surface area contributed by atoms with Crippen LogP contribution in [0.3, 0.4) is 0 Å². The Bertz CT molecular complexity index is 1100. The summed E-state index contributed by atoms with van der Waals surface area (Å²) in [4.78, 5) is 20.0. The second-order valence-electron chi connectivity index (χ2n) is 6.22. The lowest BCUT2D eigenvalue weighted by molar-refractivity contribution is -0.384. The number of non-ortho nitro benzene ring substituents is 1. The highest BCUT2D eigenvalue weighted by molar-refractivity contribution is 7.07. The number of rotatable bonds is 6. The van der Waals surface area contributed by atoms with Gasteiger partial charge >= 0.3 is 0 Å². The third-order valence-electron chi connectivity index (χ3n) is 3.87. The average Bonchev–Trinajstić information content (AvgIpc) is 3.09. The van der Waals surface area contributed by atoms with E-state index >= 15 is 0 Å². The molecule has 0 unspecified atom stereocenters. The third-order valence-corrected chi connectivity index (χ3v) is 4.73. The van der Waals surface area contributed by atoms with Crippen LogP contribution in [-0.4, -0.2) is 26.8 Å². The lowest BCUT2D eigenvalue weighted by Crippen LogP contribution is -2.15. The van der Waals surface area contributed by atoms with Crippen molar-refractivity contribution in [2.24, 2.45) is 10.1 Å². The maximum absolute atomic E-state index is 10.9. The van der Waals surface area contributed by atoms with Crippen LogP contribution in [0.2, 0.25) is 0 Å². The molecule has 0 saturated heterocycles. The van der Waals surface area contributed by atoms with Crippen molar-refractivity contribution in [3.63, 3.8) is 0 Å². The number of nitro benzene ring substituents is 1. The standard InChI is InChI=1S/C20H19N5O2S/c1-14(2)11-22-20-24(23-15(3)17-5-4-10-21-12-17)19(13-28-20)16-6-8-18(9-7-16)25(26)27/h4-10,12-13H,1,11H2,2-3H3. The van der Waals surface area contributed by atoms with Gasteiger partial charge in [0.2, 0.25) is 4.80 Å². The van der Waals surface area contributed by atoms with Crippen molar-refractivity contribution in [1.29, 1.82) is 0 Å². The molecule has 0 fully saturated rings. The molecule has 0 amide bonds. The lowest BCUT2D eigenvalue weighted by atomic mass is 10.1. The first-order valence-electron chi connectivity index (χ1n) is 8.52. The van der Waals surface area contributed by atoms with Crippen LogP contribution in [0.25, 0.3) is 11.3 Å². The average molecular weight is 393 g/mol. The zero-order chi connectivity index (χ0) is 20.1. The zero-order valence-corrected chi connectivity index (χ0v) is 16.4. The quantitative estimate of drug-likeness (QED) is 0.271. The van der Waals surface area contributed by atoms with Crippen LogP contribution in [-0.2, 0) is 0 Å². The molecular weight excluding hydrogens is 374 g/mol. The fourth-order valence-electron chi connectivity index (χ4n) is 2.44. The van der Waals surface area contributed by atoms with Gasteiger partial charge in [-0.3, -0.25) is 20.1 Å². The molecule has 0 aliphatic heterocycles. The van der Waals surface area contributed by atoms with E-state index in [1.807, 2.05) is 31.4 Å². The fraction of sp³-hybridized carbons (Fsp3) is 0.150. The first-order valence-corrected chi connectivity index (χ1v) is 9.40. The number of aromatic nitrogens is 2. The molecule has 2 aromatic heterocycles. The molecule has 0 spiro atoms. The molecule has 0 atom stereocenters. The molecule has 3 rings (SSSR count). The summed E-state index contributed by atoms with van der Waals surface area (Å²) in [5, 5.41) is 17.6. The van der Waals surface area contributed by atoms with Gasteiger partial charge in [0.05, 0.1) is 22.9 Å². The SMILES string of the molecule is C=C(C)CN=c1scc(-c2ccc([N+](=O)[O-])cc2)n1N=C(C)c1cccnc1. The highest BCUT2D eigenvalue weighted by Crippen LogP contribution is 2.23. The normalized spacial score (nSPS) is 12.2. The number of benzene rings is 1. The molecule has 0 N–H and O–H groups in total. The maximum Gasteiger partial charge on any atom is 0.269 e. The van der Waals surface area contributed by atoms with Crippen molar-refractivity contribution in [2.45, 2.75) is 13.8 Å². The minimum Gasteiger partial charge on any atom is -0.264 e. The Hall–Kier alpha value is -3.39. The van der Waals surface area contributed by atoms with Crippen LogP contribution < -0.4 is 4.80 Å². The molecule has 8 heteroatoms. The van der Waals surface area contributed by atoms with Crippen LogP contribution in [0.4, 0.5) is 5.69 Å². The topological polar surface area (TPSA) is 85.7 Å². The molecule has 0 bridgehead atoms. The number of hydrogen-bond donors (Lipinski definition) is 0. The molecular formula is C20H19N5O2S. The monoisotopic (exact) mass is 393 g/mol. The van der Waals surface area contributed by atoms with Gasteiger partial charge in [0.1, 0.15) is 0 Å². The van der Waals surface area contributed by atoms with Crippen LogP contribution in [0, 0.1) is 10.1 Å². The number of thiazole rings is 1. The summed E-state index contributed by atoms with van der Waals surface area (Å²) in [5.74, 6) is 0. The molecule has 1 aromatic carbocycles. The van der Waals surface area contributed by atoms with Gasteiger partial charge in [-0.05, 0) is 32.0 Å². The van der Waals surface area contributed by atoms with E-state index < -0.39 is 4.92 Å². The van der Waals surface area contributed by atoms with Crippen molar-refractivity contribution >= 4 is 22.7 Å². The van der Waals surface area contributed by atoms with E-state index in [0.29, 0.717) is 6.54 Å². The molecule has 0 aliphatic carbocycles. The van der Waals surface area contributed by atoms with Gasteiger partial charge in [-0.15, -0.1) is 11.3 Å². The maximum atomic E-state index is 10.9. The Labute approximate surface area is 166 Å². The lowest BCUT2D eigenvalue weighted by Gasteiger charge is -2.06. The number of hydrogen-bond acceptors (Lipinski definition) is 6. The van der Waals surface area contributed by atoms with Crippen LogP contribution >= 0.6 is 11.3 Å². The molecule has 7 nitrogen and oxygen atoms in total. The van der Waals surface area contributed by atoms with Crippen molar-refractivity contribution in [1.82, 2.24) is 9.66 Å². The van der Waals surface area contributed by atoms with E-state index in [-0.39, 0.29) is 5.69 Å². The van der Waals surface area contributed by atoms with E-state index in [9.17, 15) is 10.1 Å². The first kappa shape index (κ1) is 19.4. The van der Waals surface area contributed by atoms with Crippen molar-refractivity contribution in [3.8, 4) is 11.3 Å². The minimum absolute atomic E-state index is 0.0489. The summed E-state index contributed by atoms with van der Waals surface area (Å²) < 4.78 is 1.76. The van der Waals surface area contributed by atoms with Crippen molar-refractivity contribution in [3.05, 3.63) is 86.8 Å². The summed E-state index contributed by atoms with van der Waals surface area (Å²) in [6.07, 6.45) is 3.46. The Morgan fingerprint density at radius 1 is 1.29 bits per heavy atom. The summed E-state index contributed by atoms with van der Waals surface area (Å²) >= 11 is 1.46. The molecule has 2 heterocycles. The van der Waals surface area contributed by atoms with Gasteiger partial charge in [0, 0.05) is 41.0 Å². The van der Waals surface area contributed by atoms with Gasteiger partial charge in [-0.25, -0.2) is 4.68 Å². The van der Waals surface area contributed by atoms with E-state index in [0.717, 1.165) is 32.9 Å². The van der Waals surface area contributed by atoms with E-state index in [1.54, 1.807) is 29.2 Å². The van der Waals surface area contributed by atoms with Gasteiger partial charge in [0.25, 0.3) is 5.69 Å². The second kappa shape index (κ2) is 8.53. The van der Waals surface area contributed by atoms with Crippen LogP contribution in [0.15, 0.2) is 76.4 Å². The number of pyridine rings is 1. The third kappa shape index (κ3) is 4.47. The zero-order valence-electron chi connectivity index (χ0n) is 15.6. The summed E-state index contributed by atoms with van der Waals surface area (Å²) in [6.45, 7) is 8.22. The number of nitrogens with zero attached hydrogens (tertiary/aromatic N) is 5. The van der Waals surface area contributed by atoms with Gasteiger partial charge < -0.3 is 0 Å². The van der Waals surface area contributed by atoms with E-state index in [1.165, 1.54) is 23.5 Å². The van der Waals surface area contributed by atoms with Crippen LogP contribution in [0.5, 0.6) is 0 Å². The molecule has 0 aliphatic rings. The summed E-state index contributed by atoms with van der Waals surface area (Å²) in [7, 11) is 0. The van der Waals surface area contributed by atoms with E-state index in [2.05, 4.69) is 16.6 Å². The van der Waals surface area contributed by atoms with Gasteiger partial charge in [0.15, 0.2) is 0 Å². The fourth-order valence-corrected chi connectivity index (χ4v) is 3.27. The van der Waals surface area contributed by atoms with Gasteiger partial charge in [-0.2, -0.15) is 5.10 Å². The highest BCUT2D eigenvalue weighted by atomic mass is 32.1.